The first kappa shape index (κ1) is 28.8. The van der Waals surface area contributed by atoms with Crippen molar-refractivity contribution in [1.29, 1.82) is 0 Å². The minimum Gasteiger partial charge on any atom is -0.465 e. The Morgan fingerprint density at radius 1 is 1.10 bits per heavy atom. The van der Waals surface area contributed by atoms with Gasteiger partial charge in [-0.25, -0.2) is 14.4 Å². The van der Waals surface area contributed by atoms with Crippen LogP contribution >= 0.6 is 11.6 Å². The third-order valence-electron chi connectivity index (χ3n) is 6.59. The van der Waals surface area contributed by atoms with E-state index in [0.29, 0.717) is 26.2 Å². The topological polar surface area (TPSA) is 104 Å². The lowest BCUT2D eigenvalue weighted by atomic mass is 9.95. The molecule has 1 atom stereocenters. The van der Waals surface area contributed by atoms with Crippen molar-refractivity contribution < 1.29 is 41.8 Å². The molecule has 1 aromatic carbocycles. The van der Waals surface area contributed by atoms with E-state index in [1.54, 1.807) is 20.8 Å². The summed E-state index contributed by atoms with van der Waals surface area (Å²) in [6.45, 7) is 6.88. The van der Waals surface area contributed by atoms with Gasteiger partial charge in [-0.3, -0.25) is 4.90 Å². The Hall–Kier alpha value is -3.19. The first-order valence-electron chi connectivity index (χ1n) is 12.3. The van der Waals surface area contributed by atoms with Gasteiger partial charge in [0.25, 0.3) is 0 Å². The van der Waals surface area contributed by atoms with Crippen molar-refractivity contribution in [2.75, 3.05) is 57.7 Å². The van der Waals surface area contributed by atoms with Crippen LogP contribution in [0.1, 0.15) is 48.3 Å². The number of carbonyl (C=O) groups is 3. The van der Waals surface area contributed by atoms with Gasteiger partial charge < -0.3 is 29.0 Å². The number of rotatable bonds is 3. The molecule has 2 amide bonds. The average Bonchev–Trinajstić information content (AvgIpc) is 3.42. The molecule has 14 heteroatoms. The number of anilines is 1. The van der Waals surface area contributed by atoms with Crippen molar-refractivity contribution in [3.05, 3.63) is 22.9 Å². The molecule has 0 aliphatic carbocycles. The standard InChI is InChI=1S/C25H30ClF3N4O6/c1-24(2,3)39-23(36)33-12-13(11-26)16-14(33)10-15(38-22(35)32-8-6-31(4)7-9-32)19-17(16)18(21(34)37-5)20(30-19)25(27,28)29/h10,13,30H,6-9,11-12H2,1-5H3/t13-/m1/s1. The number of carbonyl (C=O) groups excluding carboxylic acids is 3. The molecular weight excluding hydrogens is 545 g/mol. The van der Waals surface area contributed by atoms with Crippen molar-refractivity contribution in [2.45, 2.75) is 38.5 Å². The molecule has 4 rings (SSSR count). The van der Waals surface area contributed by atoms with Crippen LogP contribution in [0.3, 0.4) is 0 Å². The minimum atomic E-state index is -4.98. The summed E-state index contributed by atoms with van der Waals surface area (Å²) in [5.74, 6) is -2.26. The highest BCUT2D eigenvalue weighted by Gasteiger charge is 2.44. The molecule has 10 nitrogen and oxygen atoms in total. The zero-order chi connectivity index (χ0) is 28.9. The van der Waals surface area contributed by atoms with E-state index < -0.39 is 47.1 Å². The maximum atomic E-state index is 14.2. The van der Waals surface area contributed by atoms with Crippen LogP contribution < -0.4 is 9.64 Å². The number of nitrogens with zero attached hydrogens (tertiary/aromatic N) is 3. The molecule has 2 aromatic rings. The zero-order valence-corrected chi connectivity index (χ0v) is 23.0. The van der Waals surface area contributed by atoms with E-state index in [0.717, 1.165) is 7.11 Å². The molecule has 2 aliphatic heterocycles. The number of H-pyrrole nitrogens is 1. The van der Waals surface area contributed by atoms with E-state index in [4.69, 9.17) is 25.8 Å². The summed E-state index contributed by atoms with van der Waals surface area (Å²) in [5.41, 5.74) is -2.90. The highest BCUT2D eigenvalue weighted by Crippen LogP contribution is 2.49. The minimum absolute atomic E-state index is 0.0220. The fraction of sp³-hybridized carbons (Fsp3) is 0.560. The van der Waals surface area contributed by atoms with Crippen molar-refractivity contribution in [2.24, 2.45) is 0 Å². The second-order valence-corrected chi connectivity index (χ2v) is 10.8. The number of fused-ring (bicyclic) bond motifs is 3. The number of hydrogen-bond donors (Lipinski definition) is 1. The third kappa shape index (κ3) is 5.60. The zero-order valence-electron chi connectivity index (χ0n) is 22.2. The number of hydrogen-bond acceptors (Lipinski definition) is 7. The van der Waals surface area contributed by atoms with E-state index in [1.165, 1.54) is 15.9 Å². The Bertz CT molecular complexity index is 1300. The highest BCUT2D eigenvalue weighted by atomic mass is 35.5. The van der Waals surface area contributed by atoms with Gasteiger partial charge in [0.05, 0.1) is 23.9 Å². The number of likely N-dealkylation sites (N-methyl/N-ethyl adjacent to an activating group) is 1. The summed E-state index contributed by atoms with van der Waals surface area (Å²) in [4.78, 5) is 45.9. The van der Waals surface area contributed by atoms with Crippen molar-refractivity contribution in [1.82, 2.24) is 14.8 Å². The fourth-order valence-corrected chi connectivity index (χ4v) is 5.02. The molecule has 1 saturated heterocycles. The first-order valence-corrected chi connectivity index (χ1v) is 12.8. The number of aromatic nitrogens is 1. The number of esters is 1. The predicted molar refractivity (Wildman–Crippen MR) is 137 cm³/mol. The molecule has 1 N–H and O–H groups in total. The van der Waals surface area contributed by atoms with Crippen LogP contribution in [0.4, 0.5) is 28.4 Å². The van der Waals surface area contributed by atoms with Crippen molar-refractivity contribution in [3.8, 4) is 5.75 Å². The Kier molecular flexibility index (Phi) is 7.69. The molecule has 0 spiro atoms. The Morgan fingerprint density at radius 2 is 1.74 bits per heavy atom. The van der Waals surface area contributed by atoms with Gasteiger partial charge in [0, 0.05) is 56.0 Å². The molecule has 0 bridgehead atoms. The largest absolute Gasteiger partial charge is 0.465 e. The van der Waals surface area contributed by atoms with Crippen LogP contribution in [0.5, 0.6) is 5.75 Å². The van der Waals surface area contributed by atoms with Gasteiger partial charge in [0.1, 0.15) is 11.3 Å². The Morgan fingerprint density at radius 3 is 2.28 bits per heavy atom. The van der Waals surface area contributed by atoms with Gasteiger partial charge >= 0.3 is 24.3 Å². The van der Waals surface area contributed by atoms with Crippen molar-refractivity contribution >= 4 is 46.3 Å². The quantitative estimate of drug-likeness (QED) is 0.415. The molecule has 0 radical (unpaired) electrons. The summed E-state index contributed by atoms with van der Waals surface area (Å²) in [5, 5.41) is -0.176. The van der Waals surface area contributed by atoms with E-state index in [-0.39, 0.29) is 40.3 Å². The molecular formula is C25H30ClF3N4O6. The number of amides is 2. The summed E-state index contributed by atoms with van der Waals surface area (Å²) in [6, 6.07) is 1.31. The molecule has 3 heterocycles. The summed E-state index contributed by atoms with van der Waals surface area (Å²) >= 11 is 6.22. The molecule has 2 aliphatic rings. The Labute approximate surface area is 227 Å². The molecule has 0 unspecified atom stereocenters. The SMILES string of the molecule is COC(=O)c1c(C(F)(F)F)[nH]c2c(OC(=O)N3CCN(C)CC3)cc3c(c12)[C@H](CCl)CN3C(=O)OC(C)(C)C. The third-order valence-corrected chi connectivity index (χ3v) is 6.97. The maximum absolute atomic E-state index is 14.2. The molecule has 1 aromatic heterocycles. The number of aromatic amines is 1. The van der Waals surface area contributed by atoms with Crippen LogP contribution in [0.25, 0.3) is 10.9 Å². The molecule has 214 valence electrons. The van der Waals surface area contributed by atoms with Gasteiger partial charge in [0.15, 0.2) is 5.75 Å². The van der Waals surface area contributed by atoms with Gasteiger partial charge in [-0.15, -0.1) is 11.6 Å². The number of methoxy groups -OCH3 is 1. The summed E-state index contributed by atoms with van der Waals surface area (Å²) in [7, 11) is 2.86. The van der Waals surface area contributed by atoms with Gasteiger partial charge in [-0.05, 0) is 33.4 Å². The molecule has 0 saturated carbocycles. The van der Waals surface area contributed by atoms with E-state index in [2.05, 4.69) is 4.98 Å². The summed E-state index contributed by atoms with van der Waals surface area (Å²) in [6.07, 6.45) is -6.52. The molecule has 39 heavy (non-hydrogen) atoms. The van der Waals surface area contributed by atoms with Crippen LogP contribution in [-0.2, 0) is 15.7 Å². The normalized spacial score (nSPS) is 18.3. The second-order valence-electron chi connectivity index (χ2n) is 10.5. The van der Waals surface area contributed by atoms with E-state index >= 15 is 0 Å². The average molecular weight is 575 g/mol. The highest BCUT2D eigenvalue weighted by molar-refractivity contribution is 6.19. The van der Waals surface area contributed by atoms with Crippen LogP contribution in [0, 0.1) is 0 Å². The lowest BCUT2D eigenvalue weighted by Gasteiger charge is -2.31. The van der Waals surface area contributed by atoms with Gasteiger partial charge in [0.2, 0.25) is 0 Å². The number of alkyl halides is 4. The molecule has 1 fully saturated rings. The summed E-state index contributed by atoms with van der Waals surface area (Å²) < 4.78 is 58.3. The van der Waals surface area contributed by atoms with Crippen LogP contribution in [-0.4, -0.2) is 91.3 Å². The fourth-order valence-electron chi connectivity index (χ4n) is 4.77. The number of piperazine rings is 1. The predicted octanol–water partition coefficient (Wildman–Crippen LogP) is 4.80. The smallest absolute Gasteiger partial charge is 0.432 e. The first-order chi connectivity index (χ1) is 18.2. The maximum Gasteiger partial charge on any atom is 0.432 e. The van der Waals surface area contributed by atoms with Crippen LogP contribution in [0.15, 0.2) is 6.07 Å². The second kappa shape index (κ2) is 10.4. The van der Waals surface area contributed by atoms with Crippen LogP contribution in [0.2, 0.25) is 0 Å². The van der Waals surface area contributed by atoms with Crippen molar-refractivity contribution in [3.63, 3.8) is 0 Å². The number of halogens is 4. The van der Waals surface area contributed by atoms with E-state index in [1.807, 2.05) is 11.9 Å². The monoisotopic (exact) mass is 574 g/mol. The van der Waals surface area contributed by atoms with Gasteiger partial charge in [-0.1, -0.05) is 0 Å². The van der Waals surface area contributed by atoms with Gasteiger partial charge in [-0.2, -0.15) is 13.2 Å². The number of nitrogens with one attached hydrogen (secondary N) is 1. The lowest BCUT2D eigenvalue weighted by Crippen LogP contribution is -2.48. The van der Waals surface area contributed by atoms with E-state index in [9.17, 15) is 27.6 Å². The number of ether oxygens (including phenoxy) is 3. The lowest BCUT2D eigenvalue weighted by molar-refractivity contribution is -0.141. The Balaban J connectivity index is 1.95. The number of benzene rings is 1.